The third kappa shape index (κ3) is 5.72. The number of nitrogens with one attached hydrogen (secondary N) is 1. The minimum atomic E-state index is -4.84. The molecule has 0 saturated carbocycles. The molecule has 0 bridgehead atoms. The first-order valence-corrected chi connectivity index (χ1v) is 17.0. The first-order valence-electron chi connectivity index (χ1n) is 16.2. The summed E-state index contributed by atoms with van der Waals surface area (Å²) in [5, 5.41) is 13.9. The Kier molecular flexibility index (Phi) is 8.65. The van der Waals surface area contributed by atoms with Crippen LogP contribution in [-0.4, -0.2) is 88.0 Å². The predicted molar refractivity (Wildman–Crippen MR) is 173 cm³/mol. The Morgan fingerprint density at radius 3 is 2.58 bits per heavy atom. The van der Waals surface area contributed by atoms with Gasteiger partial charge in [0.2, 0.25) is 5.88 Å². The molecule has 0 amide bonds. The number of pyridine rings is 1. The number of phenols is 1. The summed E-state index contributed by atoms with van der Waals surface area (Å²) >= 11 is -0.652. The summed E-state index contributed by atoms with van der Waals surface area (Å²) in [4.78, 5) is 17.4. The highest BCUT2D eigenvalue weighted by Gasteiger charge is 2.45. The summed E-state index contributed by atoms with van der Waals surface area (Å²) in [5.41, 5.74) is -5.84. The Morgan fingerprint density at radius 2 is 1.83 bits per heavy atom. The number of nitrogens with zero attached hydrogens (tertiary/aromatic N) is 5. The molecule has 9 nitrogen and oxygen atoms in total. The highest BCUT2D eigenvalue weighted by atomic mass is 32.2. The number of aromatic nitrogens is 3. The monoisotopic (exact) mass is 690 g/mol. The third-order valence-electron chi connectivity index (χ3n) is 9.51. The van der Waals surface area contributed by atoms with E-state index in [2.05, 4.69) is 20.2 Å². The SMILES string of the molecule is CC.Oc1cc(-c2nc3c4c(nc(OCC56CCCN5CCC6)nc4c2F)N2CCNC[C@H]2CO3)c2c(SC(F)(F)F)c(F)ccc2c1. The van der Waals surface area contributed by atoms with Crippen molar-refractivity contribution < 1.29 is 36.5 Å². The topological polar surface area (TPSA) is 95.9 Å². The van der Waals surface area contributed by atoms with Crippen LogP contribution in [0.3, 0.4) is 0 Å². The molecule has 2 aromatic carbocycles. The largest absolute Gasteiger partial charge is 0.508 e. The van der Waals surface area contributed by atoms with E-state index in [1.54, 1.807) is 0 Å². The number of ether oxygens (including phenoxy) is 2. The number of benzene rings is 2. The maximum absolute atomic E-state index is 16.9. The van der Waals surface area contributed by atoms with Crippen LogP contribution in [-0.2, 0) is 0 Å². The average molecular weight is 691 g/mol. The smallest absolute Gasteiger partial charge is 0.446 e. The van der Waals surface area contributed by atoms with Gasteiger partial charge in [0, 0.05) is 30.6 Å². The van der Waals surface area contributed by atoms with Gasteiger partial charge in [-0.3, -0.25) is 4.90 Å². The van der Waals surface area contributed by atoms with Gasteiger partial charge in [-0.25, -0.2) is 13.8 Å². The van der Waals surface area contributed by atoms with Crippen LogP contribution in [0.15, 0.2) is 29.2 Å². The molecule has 0 unspecified atom stereocenters. The summed E-state index contributed by atoms with van der Waals surface area (Å²) in [5.74, 6) is -2.11. The Morgan fingerprint density at radius 1 is 1.06 bits per heavy atom. The maximum atomic E-state index is 16.9. The number of anilines is 1. The molecule has 4 aliphatic heterocycles. The van der Waals surface area contributed by atoms with E-state index in [4.69, 9.17) is 14.5 Å². The van der Waals surface area contributed by atoms with Crippen LogP contribution in [0.5, 0.6) is 17.6 Å². The van der Waals surface area contributed by atoms with Crippen LogP contribution in [0.4, 0.5) is 27.8 Å². The number of hydrogen-bond acceptors (Lipinski definition) is 10. The number of aromatic hydroxyl groups is 1. The zero-order valence-corrected chi connectivity index (χ0v) is 27.3. The normalized spacial score (nSPS) is 20.1. The van der Waals surface area contributed by atoms with Crippen molar-refractivity contribution in [2.45, 2.75) is 61.5 Å². The Balaban J connectivity index is 0.00000179. The van der Waals surface area contributed by atoms with E-state index in [0.29, 0.717) is 32.1 Å². The summed E-state index contributed by atoms with van der Waals surface area (Å²) < 4.78 is 85.1. The van der Waals surface area contributed by atoms with Gasteiger partial charge in [0.25, 0.3) is 0 Å². The molecule has 4 aliphatic rings. The van der Waals surface area contributed by atoms with Gasteiger partial charge in [0.1, 0.15) is 47.2 Å². The van der Waals surface area contributed by atoms with E-state index in [9.17, 15) is 18.3 Å². The molecule has 1 atom stereocenters. The van der Waals surface area contributed by atoms with Gasteiger partial charge in [0.15, 0.2) is 5.82 Å². The highest BCUT2D eigenvalue weighted by Crippen LogP contribution is 2.48. The van der Waals surface area contributed by atoms with Crippen molar-refractivity contribution in [3.8, 4) is 28.9 Å². The molecular formula is C33H35F5N6O3S. The highest BCUT2D eigenvalue weighted by molar-refractivity contribution is 8.00. The lowest BCUT2D eigenvalue weighted by Gasteiger charge is -2.35. The molecule has 6 heterocycles. The second kappa shape index (κ2) is 12.6. The van der Waals surface area contributed by atoms with Crippen molar-refractivity contribution in [1.82, 2.24) is 25.2 Å². The van der Waals surface area contributed by atoms with Gasteiger partial charge in [-0.15, -0.1) is 0 Å². The van der Waals surface area contributed by atoms with Gasteiger partial charge in [-0.05, 0) is 74.1 Å². The maximum Gasteiger partial charge on any atom is 0.446 e. The van der Waals surface area contributed by atoms with Crippen molar-refractivity contribution in [3.63, 3.8) is 0 Å². The molecule has 3 saturated heterocycles. The third-order valence-corrected chi connectivity index (χ3v) is 10.3. The number of rotatable bonds is 5. The summed E-state index contributed by atoms with van der Waals surface area (Å²) in [6.45, 7) is 8.25. The fourth-order valence-electron chi connectivity index (χ4n) is 7.48. The van der Waals surface area contributed by atoms with Crippen LogP contribution in [0.2, 0.25) is 0 Å². The van der Waals surface area contributed by atoms with E-state index < -0.39 is 39.5 Å². The second-order valence-electron chi connectivity index (χ2n) is 12.2. The van der Waals surface area contributed by atoms with Gasteiger partial charge < -0.3 is 24.8 Å². The number of hydrogen-bond donors (Lipinski definition) is 2. The first-order chi connectivity index (χ1) is 23.1. The molecule has 8 rings (SSSR count). The second-order valence-corrected chi connectivity index (χ2v) is 13.3. The van der Waals surface area contributed by atoms with Gasteiger partial charge >= 0.3 is 11.5 Å². The predicted octanol–water partition coefficient (Wildman–Crippen LogP) is 6.64. The van der Waals surface area contributed by atoms with E-state index in [1.807, 2.05) is 18.7 Å². The van der Waals surface area contributed by atoms with Crippen LogP contribution >= 0.6 is 11.8 Å². The lowest BCUT2D eigenvalue weighted by atomic mass is 9.95. The van der Waals surface area contributed by atoms with Crippen molar-refractivity contribution in [1.29, 1.82) is 0 Å². The number of halogens is 5. The standard InChI is InChI=1S/C31H29F5N6O3S.C2H6/c32-20-4-3-16-11-18(43)12-19(21(16)26(20)46-31(34,35)36)24-23(33)25-22-27(42-10-7-37-13-17(42)14-44-28(22)38-24)40-29(39-25)45-15-30-5-1-8-41(30)9-2-6-30;1-2/h3-4,11-12,17,37,43H,1-2,5-10,13-15H2;1-2H3/t17-;/m0./s1. The quantitative estimate of drug-likeness (QED) is 0.175. The minimum Gasteiger partial charge on any atom is -0.508 e. The molecule has 0 spiro atoms. The molecule has 15 heteroatoms. The van der Waals surface area contributed by atoms with Crippen LogP contribution < -0.4 is 19.7 Å². The van der Waals surface area contributed by atoms with Crippen LogP contribution in [0.1, 0.15) is 39.5 Å². The Hall–Kier alpha value is -3.69. The number of piperazine rings is 1. The Labute approximate surface area is 277 Å². The zero-order chi connectivity index (χ0) is 33.8. The molecule has 0 aliphatic carbocycles. The van der Waals surface area contributed by atoms with Crippen LogP contribution in [0.25, 0.3) is 32.9 Å². The number of alkyl halides is 3. The van der Waals surface area contributed by atoms with E-state index in [1.165, 1.54) is 12.1 Å². The molecular weight excluding hydrogens is 655 g/mol. The van der Waals surface area contributed by atoms with Crippen molar-refractivity contribution >= 4 is 39.3 Å². The molecule has 256 valence electrons. The molecule has 2 N–H and O–H groups in total. The average Bonchev–Trinajstić information content (AvgIpc) is 3.61. The fraction of sp³-hybridized carbons (Fsp3) is 0.485. The molecule has 4 aromatic rings. The van der Waals surface area contributed by atoms with Crippen molar-refractivity contribution in [2.75, 3.05) is 50.8 Å². The van der Waals surface area contributed by atoms with Gasteiger partial charge in [0.05, 0.1) is 16.5 Å². The minimum absolute atomic E-state index is 0.0170. The molecule has 48 heavy (non-hydrogen) atoms. The van der Waals surface area contributed by atoms with E-state index in [-0.39, 0.29) is 63.1 Å². The molecule has 0 radical (unpaired) electrons. The number of fused-ring (bicyclic) bond motifs is 4. The first kappa shape index (κ1) is 32.8. The summed E-state index contributed by atoms with van der Waals surface area (Å²) in [6.07, 6.45) is 4.08. The van der Waals surface area contributed by atoms with E-state index in [0.717, 1.165) is 50.9 Å². The van der Waals surface area contributed by atoms with Crippen molar-refractivity contribution in [3.05, 3.63) is 35.9 Å². The van der Waals surface area contributed by atoms with Crippen molar-refractivity contribution in [2.24, 2.45) is 0 Å². The number of phenolic OH excluding ortho intramolecular Hbond substituents is 1. The van der Waals surface area contributed by atoms with Gasteiger partial charge in [-0.2, -0.15) is 23.1 Å². The lowest BCUT2D eigenvalue weighted by Crippen LogP contribution is -2.53. The molecule has 3 fully saturated rings. The Bertz CT molecular complexity index is 1870. The summed E-state index contributed by atoms with van der Waals surface area (Å²) in [7, 11) is 0. The zero-order valence-electron chi connectivity index (χ0n) is 26.5. The van der Waals surface area contributed by atoms with Crippen LogP contribution in [0, 0.1) is 11.6 Å². The molecule has 2 aromatic heterocycles. The number of thioether (sulfide) groups is 1. The van der Waals surface area contributed by atoms with E-state index >= 15 is 8.78 Å². The van der Waals surface area contributed by atoms with Gasteiger partial charge in [-0.1, -0.05) is 19.9 Å². The lowest BCUT2D eigenvalue weighted by molar-refractivity contribution is -0.0328. The summed E-state index contributed by atoms with van der Waals surface area (Å²) in [6, 6.07) is 4.16. The fourth-order valence-corrected chi connectivity index (χ4v) is 8.20.